The molecule has 9 nitrogen and oxygen atoms in total. The van der Waals surface area contributed by atoms with Gasteiger partial charge in [-0.15, -0.1) is 10.2 Å². The Balaban J connectivity index is 1.48. The molecule has 0 aliphatic carbocycles. The molecule has 0 aromatic carbocycles. The third kappa shape index (κ3) is 3.08. The lowest BCUT2D eigenvalue weighted by atomic mass is 10.2. The number of rotatable bonds is 5. The second-order valence-electron chi connectivity index (χ2n) is 6.24. The molecule has 132 valence electrons. The van der Waals surface area contributed by atoms with Crippen LogP contribution in [0.15, 0.2) is 22.9 Å². The molecule has 0 bridgehead atoms. The van der Waals surface area contributed by atoms with E-state index in [1.165, 1.54) is 0 Å². The SMILES string of the molecule is CCc1nnc(CN2CCn3nc([C@@H](O)c4nccn4C)cc3C2)o1. The van der Waals surface area contributed by atoms with Crippen molar-refractivity contribution in [2.45, 2.75) is 39.1 Å². The molecular formula is C16H21N7O2. The predicted molar refractivity (Wildman–Crippen MR) is 87.3 cm³/mol. The minimum atomic E-state index is -0.824. The van der Waals surface area contributed by atoms with E-state index in [2.05, 4.69) is 25.2 Å². The molecule has 9 heteroatoms. The van der Waals surface area contributed by atoms with Crippen molar-refractivity contribution >= 4 is 0 Å². The van der Waals surface area contributed by atoms with Gasteiger partial charge in [-0.2, -0.15) is 5.10 Å². The van der Waals surface area contributed by atoms with Crippen LogP contribution < -0.4 is 0 Å². The minimum absolute atomic E-state index is 0.588. The summed E-state index contributed by atoms with van der Waals surface area (Å²) in [4.78, 5) is 6.44. The summed E-state index contributed by atoms with van der Waals surface area (Å²) < 4.78 is 9.34. The van der Waals surface area contributed by atoms with E-state index in [1.54, 1.807) is 10.8 Å². The van der Waals surface area contributed by atoms with Gasteiger partial charge < -0.3 is 14.1 Å². The lowest BCUT2D eigenvalue weighted by Gasteiger charge is -2.25. The van der Waals surface area contributed by atoms with E-state index in [4.69, 9.17) is 4.42 Å². The highest BCUT2D eigenvalue weighted by Crippen LogP contribution is 2.23. The van der Waals surface area contributed by atoms with Crippen LogP contribution >= 0.6 is 0 Å². The molecule has 25 heavy (non-hydrogen) atoms. The third-order valence-electron chi connectivity index (χ3n) is 4.45. The van der Waals surface area contributed by atoms with Crippen molar-refractivity contribution in [1.82, 2.24) is 34.4 Å². The molecule has 1 aliphatic heterocycles. The lowest BCUT2D eigenvalue weighted by Crippen LogP contribution is -2.33. The molecule has 0 amide bonds. The molecule has 0 saturated heterocycles. The Bertz CT molecular complexity index is 866. The van der Waals surface area contributed by atoms with E-state index in [1.807, 2.05) is 30.9 Å². The van der Waals surface area contributed by atoms with Gasteiger partial charge in [-0.25, -0.2) is 4.98 Å². The normalized spacial score (nSPS) is 16.1. The van der Waals surface area contributed by atoms with Crippen molar-refractivity contribution in [2.75, 3.05) is 6.54 Å². The van der Waals surface area contributed by atoms with Gasteiger partial charge in [0, 0.05) is 39.0 Å². The predicted octanol–water partition coefficient (Wildman–Crippen LogP) is 0.659. The first-order valence-electron chi connectivity index (χ1n) is 8.39. The van der Waals surface area contributed by atoms with Crippen LogP contribution in [-0.2, 0) is 33.1 Å². The average Bonchev–Trinajstić information content (AvgIpc) is 3.33. The van der Waals surface area contributed by atoms with Crippen molar-refractivity contribution in [3.05, 3.63) is 47.5 Å². The summed E-state index contributed by atoms with van der Waals surface area (Å²) in [6.45, 7) is 4.94. The number of fused-ring (bicyclic) bond motifs is 1. The Hall–Kier alpha value is -2.52. The van der Waals surface area contributed by atoms with E-state index < -0.39 is 6.10 Å². The number of aromatic nitrogens is 6. The molecule has 3 aromatic heterocycles. The average molecular weight is 343 g/mol. The van der Waals surface area contributed by atoms with E-state index in [9.17, 15) is 5.11 Å². The van der Waals surface area contributed by atoms with Gasteiger partial charge in [0.25, 0.3) is 0 Å². The summed E-state index contributed by atoms with van der Waals surface area (Å²) >= 11 is 0. The zero-order chi connectivity index (χ0) is 17.4. The van der Waals surface area contributed by atoms with Crippen LogP contribution in [0.5, 0.6) is 0 Å². The molecule has 0 radical (unpaired) electrons. The number of hydrogen-bond acceptors (Lipinski definition) is 7. The van der Waals surface area contributed by atoms with E-state index in [0.29, 0.717) is 29.8 Å². The molecule has 1 N–H and O–H groups in total. The maximum atomic E-state index is 10.5. The highest BCUT2D eigenvalue weighted by Gasteiger charge is 2.24. The summed E-state index contributed by atoms with van der Waals surface area (Å²) in [7, 11) is 1.86. The molecule has 0 spiro atoms. The van der Waals surface area contributed by atoms with Crippen LogP contribution in [0.1, 0.15) is 42.0 Å². The fraction of sp³-hybridized carbons (Fsp3) is 0.500. The number of hydrogen-bond donors (Lipinski definition) is 1. The number of nitrogens with zero attached hydrogens (tertiary/aromatic N) is 7. The molecular weight excluding hydrogens is 322 g/mol. The van der Waals surface area contributed by atoms with Crippen molar-refractivity contribution in [3.8, 4) is 0 Å². The van der Waals surface area contributed by atoms with E-state index >= 15 is 0 Å². The number of imidazole rings is 1. The van der Waals surface area contributed by atoms with Crippen molar-refractivity contribution in [3.63, 3.8) is 0 Å². The highest BCUT2D eigenvalue weighted by molar-refractivity contribution is 5.19. The molecule has 4 rings (SSSR count). The fourth-order valence-electron chi connectivity index (χ4n) is 3.07. The van der Waals surface area contributed by atoms with Crippen LogP contribution in [0.3, 0.4) is 0 Å². The molecule has 0 fully saturated rings. The Morgan fingerprint density at radius 3 is 2.84 bits per heavy atom. The fourth-order valence-corrected chi connectivity index (χ4v) is 3.07. The first kappa shape index (κ1) is 16.0. The first-order chi connectivity index (χ1) is 12.1. The highest BCUT2D eigenvalue weighted by atomic mass is 16.4. The van der Waals surface area contributed by atoms with Gasteiger partial charge in [-0.05, 0) is 6.07 Å². The van der Waals surface area contributed by atoms with Crippen LogP contribution in [-0.4, -0.2) is 46.1 Å². The number of aryl methyl sites for hydroxylation is 2. The Kier molecular flexibility index (Phi) is 4.10. The molecule has 0 unspecified atom stereocenters. The van der Waals surface area contributed by atoms with Crippen LogP contribution in [0.4, 0.5) is 0 Å². The topological polar surface area (TPSA) is 98.0 Å². The van der Waals surface area contributed by atoms with Gasteiger partial charge in [-0.3, -0.25) is 9.58 Å². The van der Waals surface area contributed by atoms with Crippen molar-refractivity contribution in [1.29, 1.82) is 0 Å². The van der Waals surface area contributed by atoms with Gasteiger partial charge in [0.1, 0.15) is 5.82 Å². The summed E-state index contributed by atoms with van der Waals surface area (Å²) in [5, 5.41) is 23.2. The zero-order valence-electron chi connectivity index (χ0n) is 14.3. The van der Waals surface area contributed by atoms with Gasteiger partial charge in [0.2, 0.25) is 11.8 Å². The summed E-state index contributed by atoms with van der Waals surface area (Å²) in [6.07, 6.45) is 3.40. The number of aliphatic hydroxyl groups is 1. The van der Waals surface area contributed by atoms with Gasteiger partial charge in [-0.1, -0.05) is 6.92 Å². The Morgan fingerprint density at radius 2 is 2.12 bits per heavy atom. The minimum Gasteiger partial charge on any atom is -0.424 e. The second-order valence-corrected chi connectivity index (χ2v) is 6.24. The number of aliphatic hydroxyl groups excluding tert-OH is 1. The van der Waals surface area contributed by atoms with Gasteiger partial charge in [0.05, 0.1) is 24.5 Å². The molecule has 1 aliphatic rings. The van der Waals surface area contributed by atoms with E-state index in [-0.39, 0.29) is 0 Å². The Labute approximate surface area is 144 Å². The molecule has 4 heterocycles. The van der Waals surface area contributed by atoms with Crippen LogP contribution in [0.2, 0.25) is 0 Å². The molecule has 3 aromatic rings. The summed E-state index contributed by atoms with van der Waals surface area (Å²) in [5.74, 6) is 1.89. The summed E-state index contributed by atoms with van der Waals surface area (Å²) in [5.41, 5.74) is 1.68. The molecule has 0 saturated carbocycles. The van der Waals surface area contributed by atoms with Crippen LogP contribution in [0.25, 0.3) is 0 Å². The van der Waals surface area contributed by atoms with Crippen molar-refractivity contribution < 1.29 is 9.52 Å². The Morgan fingerprint density at radius 1 is 1.28 bits per heavy atom. The standard InChI is InChI=1S/C16H21N7O2/c1-3-13-18-19-14(25-13)10-22-6-7-23-11(9-22)8-12(20-23)15(24)16-17-4-5-21(16)2/h4-5,8,15,24H,3,6-7,9-10H2,1-2H3/t15-/m1/s1. The maximum absolute atomic E-state index is 10.5. The van der Waals surface area contributed by atoms with Crippen LogP contribution in [0, 0.1) is 0 Å². The summed E-state index contributed by atoms with van der Waals surface area (Å²) in [6, 6.07) is 1.94. The monoisotopic (exact) mass is 343 g/mol. The molecule has 1 atom stereocenters. The van der Waals surface area contributed by atoms with Gasteiger partial charge >= 0.3 is 0 Å². The maximum Gasteiger partial charge on any atom is 0.230 e. The van der Waals surface area contributed by atoms with Gasteiger partial charge in [0.15, 0.2) is 6.10 Å². The lowest BCUT2D eigenvalue weighted by molar-refractivity contribution is 0.183. The second kappa shape index (κ2) is 6.41. The van der Waals surface area contributed by atoms with Crippen molar-refractivity contribution in [2.24, 2.45) is 7.05 Å². The first-order valence-corrected chi connectivity index (χ1v) is 8.39. The zero-order valence-corrected chi connectivity index (χ0v) is 14.3. The smallest absolute Gasteiger partial charge is 0.230 e. The third-order valence-corrected chi connectivity index (χ3v) is 4.45. The largest absolute Gasteiger partial charge is 0.424 e. The van der Waals surface area contributed by atoms with E-state index in [0.717, 1.165) is 31.7 Å². The quantitative estimate of drug-likeness (QED) is 0.726.